The van der Waals surface area contributed by atoms with Crippen LogP contribution < -0.4 is 16.4 Å². The molecule has 0 aromatic rings. The van der Waals surface area contributed by atoms with Crippen molar-refractivity contribution in [2.24, 2.45) is 35.3 Å². The van der Waals surface area contributed by atoms with Crippen molar-refractivity contribution in [1.29, 1.82) is 0 Å². The van der Waals surface area contributed by atoms with Gasteiger partial charge in [-0.05, 0) is 62.8 Å². The number of nitrogens with zero attached hydrogens (tertiary/aromatic N) is 1. The van der Waals surface area contributed by atoms with Crippen LogP contribution >= 0.6 is 11.6 Å². The SMILES string of the molecule is NC[C@@H]1CCN(C2NC(C3CCC(Cl)C(C(F)(F)F)C3)NCC2C2CC2)C1. The van der Waals surface area contributed by atoms with Crippen molar-refractivity contribution < 1.29 is 13.2 Å². The molecule has 6 unspecified atom stereocenters. The van der Waals surface area contributed by atoms with Crippen LogP contribution in [-0.4, -0.2) is 55.0 Å². The van der Waals surface area contributed by atoms with Crippen LogP contribution in [0.4, 0.5) is 13.2 Å². The zero-order valence-corrected chi connectivity index (χ0v) is 16.5. The summed E-state index contributed by atoms with van der Waals surface area (Å²) in [5.74, 6) is 0.410. The van der Waals surface area contributed by atoms with E-state index < -0.39 is 17.5 Å². The zero-order valence-electron chi connectivity index (χ0n) is 15.7. The van der Waals surface area contributed by atoms with Gasteiger partial charge in [-0.3, -0.25) is 10.2 Å². The highest BCUT2D eigenvalue weighted by atomic mass is 35.5. The lowest BCUT2D eigenvalue weighted by molar-refractivity contribution is -0.186. The Kier molecular flexibility index (Phi) is 5.97. The summed E-state index contributed by atoms with van der Waals surface area (Å²) in [6, 6.07) is 0. The number of nitrogens with one attached hydrogen (secondary N) is 2. The summed E-state index contributed by atoms with van der Waals surface area (Å²) in [6.07, 6.45) is 0.969. The van der Waals surface area contributed by atoms with E-state index in [1.54, 1.807) is 0 Å². The minimum Gasteiger partial charge on any atom is -0.330 e. The Bertz CT molecular complexity index is 516. The monoisotopic (exact) mass is 408 g/mol. The maximum absolute atomic E-state index is 13.4. The Hall–Kier alpha value is -0.0800. The summed E-state index contributed by atoms with van der Waals surface area (Å²) in [4.78, 5) is 2.50. The molecule has 0 radical (unpaired) electrons. The third-order valence-corrected chi connectivity index (χ3v) is 7.82. The summed E-state index contributed by atoms with van der Waals surface area (Å²) in [5.41, 5.74) is 5.87. The first-order valence-corrected chi connectivity index (χ1v) is 10.9. The van der Waals surface area contributed by atoms with Gasteiger partial charge >= 0.3 is 6.18 Å². The highest BCUT2D eigenvalue weighted by molar-refractivity contribution is 6.20. The molecule has 0 amide bonds. The van der Waals surface area contributed by atoms with Crippen molar-refractivity contribution in [2.75, 3.05) is 26.2 Å². The van der Waals surface area contributed by atoms with Gasteiger partial charge in [0.15, 0.2) is 0 Å². The molecular formula is C19H32ClF3N4. The molecule has 4 N–H and O–H groups in total. The molecule has 27 heavy (non-hydrogen) atoms. The van der Waals surface area contributed by atoms with Crippen LogP contribution in [0.2, 0.25) is 0 Å². The Labute approximate surface area is 164 Å². The molecule has 8 heteroatoms. The maximum atomic E-state index is 13.4. The van der Waals surface area contributed by atoms with Crippen molar-refractivity contribution in [3.8, 4) is 0 Å². The van der Waals surface area contributed by atoms with Gasteiger partial charge in [0.2, 0.25) is 0 Å². The fourth-order valence-corrected chi connectivity index (χ4v) is 5.86. The van der Waals surface area contributed by atoms with Crippen LogP contribution in [0.5, 0.6) is 0 Å². The topological polar surface area (TPSA) is 53.3 Å². The van der Waals surface area contributed by atoms with Gasteiger partial charge in [0.05, 0.1) is 18.2 Å². The molecule has 0 aromatic heterocycles. The first-order chi connectivity index (χ1) is 12.9. The molecule has 2 aliphatic carbocycles. The molecular weight excluding hydrogens is 377 g/mol. The molecule has 7 atom stereocenters. The average molecular weight is 409 g/mol. The van der Waals surface area contributed by atoms with Crippen LogP contribution in [0.15, 0.2) is 0 Å². The molecule has 4 nitrogen and oxygen atoms in total. The predicted octanol–water partition coefficient (Wildman–Crippen LogP) is 2.72. The number of halogens is 4. The number of likely N-dealkylation sites (tertiary alicyclic amines) is 1. The Morgan fingerprint density at radius 3 is 2.44 bits per heavy atom. The number of alkyl halides is 4. The third kappa shape index (κ3) is 4.42. The van der Waals surface area contributed by atoms with Gasteiger partial charge in [-0.15, -0.1) is 11.6 Å². The minimum atomic E-state index is -4.21. The van der Waals surface area contributed by atoms with Gasteiger partial charge < -0.3 is 11.1 Å². The largest absolute Gasteiger partial charge is 0.393 e. The van der Waals surface area contributed by atoms with Crippen LogP contribution in [0.1, 0.15) is 38.5 Å². The molecule has 2 aliphatic heterocycles. The van der Waals surface area contributed by atoms with E-state index in [-0.39, 0.29) is 24.7 Å². The fourth-order valence-electron chi connectivity index (χ4n) is 5.48. The summed E-state index contributed by atoms with van der Waals surface area (Å²) in [7, 11) is 0. The van der Waals surface area contributed by atoms with E-state index in [9.17, 15) is 13.2 Å². The smallest absolute Gasteiger partial charge is 0.330 e. The molecule has 4 fully saturated rings. The predicted molar refractivity (Wildman–Crippen MR) is 100 cm³/mol. The first kappa shape index (κ1) is 20.2. The van der Waals surface area contributed by atoms with Gasteiger partial charge in [0.1, 0.15) is 0 Å². The summed E-state index contributed by atoms with van der Waals surface area (Å²) >= 11 is 6.03. The van der Waals surface area contributed by atoms with Crippen LogP contribution in [0.3, 0.4) is 0 Å². The minimum absolute atomic E-state index is 0.0258. The number of hydrogen-bond donors (Lipinski definition) is 3. The second-order valence-electron chi connectivity index (χ2n) is 9.12. The van der Waals surface area contributed by atoms with Crippen molar-refractivity contribution in [1.82, 2.24) is 15.5 Å². The van der Waals surface area contributed by atoms with Crippen molar-refractivity contribution in [3.05, 3.63) is 0 Å². The second-order valence-corrected chi connectivity index (χ2v) is 9.68. The number of nitrogens with two attached hydrogens (primary N) is 1. The summed E-state index contributed by atoms with van der Waals surface area (Å²) in [6.45, 7) is 3.65. The van der Waals surface area contributed by atoms with E-state index in [2.05, 4.69) is 15.5 Å². The molecule has 0 bridgehead atoms. The van der Waals surface area contributed by atoms with E-state index in [0.29, 0.717) is 24.8 Å². The molecule has 2 saturated heterocycles. The van der Waals surface area contributed by atoms with E-state index in [0.717, 1.165) is 38.4 Å². The van der Waals surface area contributed by atoms with E-state index in [4.69, 9.17) is 17.3 Å². The fraction of sp³-hybridized carbons (Fsp3) is 1.00. The normalized spacial score (nSPS) is 44.6. The molecule has 2 heterocycles. The van der Waals surface area contributed by atoms with Gasteiger partial charge in [-0.25, -0.2) is 0 Å². The van der Waals surface area contributed by atoms with Gasteiger partial charge in [-0.1, -0.05) is 0 Å². The van der Waals surface area contributed by atoms with Gasteiger partial charge in [0, 0.05) is 30.9 Å². The van der Waals surface area contributed by atoms with Crippen LogP contribution in [0.25, 0.3) is 0 Å². The molecule has 0 spiro atoms. The van der Waals surface area contributed by atoms with Gasteiger partial charge in [0.25, 0.3) is 0 Å². The van der Waals surface area contributed by atoms with Crippen LogP contribution in [-0.2, 0) is 0 Å². The van der Waals surface area contributed by atoms with Crippen LogP contribution in [0, 0.1) is 29.6 Å². The third-order valence-electron chi connectivity index (χ3n) is 7.30. The highest BCUT2D eigenvalue weighted by Gasteiger charge is 2.50. The first-order valence-electron chi connectivity index (χ1n) is 10.5. The van der Waals surface area contributed by atoms with E-state index >= 15 is 0 Å². The Balaban J connectivity index is 1.43. The van der Waals surface area contributed by atoms with Crippen molar-refractivity contribution >= 4 is 11.6 Å². The quantitative estimate of drug-likeness (QED) is 0.626. The molecule has 0 aromatic carbocycles. The maximum Gasteiger partial charge on any atom is 0.393 e. The van der Waals surface area contributed by atoms with Crippen molar-refractivity contribution in [3.63, 3.8) is 0 Å². The summed E-state index contributed by atoms with van der Waals surface area (Å²) < 4.78 is 40.1. The van der Waals surface area contributed by atoms with Crippen molar-refractivity contribution in [2.45, 2.75) is 62.4 Å². The van der Waals surface area contributed by atoms with E-state index in [1.807, 2.05) is 0 Å². The molecule has 4 aliphatic rings. The van der Waals surface area contributed by atoms with Gasteiger partial charge in [-0.2, -0.15) is 13.2 Å². The van der Waals surface area contributed by atoms with E-state index in [1.165, 1.54) is 12.8 Å². The lowest BCUT2D eigenvalue weighted by Crippen LogP contribution is -2.66. The highest BCUT2D eigenvalue weighted by Crippen LogP contribution is 2.45. The molecule has 4 rings (SSSR count). The second kappa shape index (κ2) is 7.98. The Morgan fingerprint density at radius 2 is 1.81 bits per heavy atom. The average Bonchev–Trinajstić information content (AvgIpc) is 3.37. The number of hydrogen-bond acceptors (Lipinski definition) is 4. The molecule has 156 valence electrons. The number of rotatable bonds is 4. The Morgan fingerprint density at radius 1 is 1.07 bits per heavy atom. The zero-order chi connectivity index (χ0) is 19.2. The lowest BCUT2D eigenvalue weighted by atomic mass is 9.78. The standard InChI is InChI=1S/C19H32ClF3N4/c20-16-4-3-13(7-15(16)19(21,22)23)17-25-9-14(12-1-2-12)18(26-17)27-6-5-11(8-24)10-27/h11-18,25-26H,1-10,24H2/t11-,13?,14?,15?,16?,17?,18?/m0/s1. The molecule has 2 saturated carbocycles. The summed E-state index contributed by atoms with van der Waals surface area (Å²) in [5, 5.41) is 6.50. The lowest BCUT2D eigenvalue weighted by Gasteiger charge is -2.47.